The molecule has 0 amide bonds. The molecule has 112 valence electrons. The van der Waals surface area contributed by atoms with Gasteiger partial charge in [-0.1, -0.05) is 23.2 Å². The van der Waals surface area contributed by atoms with Crippen molar-refractivity contribution >= 4 is 40.2 Å². The zero-order valence-electron chi connectivity index (χ0n) is 11.7. The quantitative estimate of drug-likeness (QED) is 0.784. The van der Waals surface area contributed by atoms with Crippen molar-refractivity contribution in [2.24, 2.45) is 0 Å². The molecule has 0 aliphatic rings. The number of nitrogens with two attached hydrogens (primary N) is 1. The summed E-state index contributed by atoms with van der Waals surface area (Å²) in [7, 11) is 0. The molecule has 2 N–H and O–H groups in total. The first-order valence-corrected chi connectivity index (χ1v) is 7.36. The third kappa shape index (κ3) is 2.91. The number of hydrogen-bond donors (Lipinski definition) is 1. The number of aromatic nitrogens is 3. The second-order valence-electron chi connectivity index (χ2n) is 4.54. The zero-order chi connectivity index (χ0) is 15.7. The first kappa shape index (κ1) is 14.8. The van der Waals surface area contributed by atoms with Gasteiger partial charge in [0, 0.05) is 15.6 Å². The van der Waals surface area contributed by atoms with E-state index in [0.717, 1.165) is 5.56 Å². The van der Waals surface area contributed by atoms with Crippen molar-refractivity contribution in [2.45, 2.75) is 6.92 Å². The second kappa shape index (κ2) is 5.94. The molecule has 0 saturated heterocycles. The van der Waals surface area contributed by atoms with Gasteiger partial charge in [-0.3, -0.25) is 0 Å². The summed E-state index contributed by atoms with van der Waals surface area (Å²) in [6, 6.07) is 8.89. The molecule has 2 aromatic heterocycles. The van der Waals surface area contributed by atoms with E-state index in [-0.39, 0.29) is 5.95 Å². The van der Waals surface area contributed by atoms with Gasteiger partial charge in [-0.2, -0.15) is 4.98 Å². The Hall–Kier alpha value is -2.11. The first-order chi connectivity index (χ1) is 10.6. The molecule has 0 aliphatic heterocycles. The summed E-state index contributed by atoms with van der Waals surface area (Å²) in [6.45, 7) is 2.32. The minimum atomic E-state index is 0.149. The summed E-state index contributed by atoms with van der Waals surface area (Å²) in [4.78, 5) is 12.8. The number of ether oxygens (including phenoxy) is 1. The fourth-order valence-electron chi connectivity index (χ4n) is 2.10. The number of rotatable bonds is 3. The lowest BCUT2D eigenvalue weighted by molar-refractivity contribution is 0.330. The van der Waals surface area contributed by atoms with E-state index in [2.05, 4.69) is 15.0 Å². The molecule has 0 fully saturated rings. The van der Waals surface area contributed by atoms with E-state index in [1.165, 1.54) is 0 Å². The Morgan fingerprint density at radius 3 is 2.45 bits per heavy atom. The minimum Gasteiger partial charge on any atom is -0.476 e. The highest BCUT2D eigenvalue weighted by molar-refractivity contribution is 6.35. The van der Waals surface area contributed by atoms with Crippen LogP contribution in [0.4, 0.5) is 5.95 Å². The van der Waals surface area contributed by atoms with Crippen molar-refractivity contribution in [1.29, 1.82) is 0 Å². The van der Waals surface area contributed by atoms with Crippen LogP contribution in [0.15, 0.2) is 30.3 Å². The van der Waals surface area contributed by atoms with Crippen LogP contribution in [0, 0.1) is 0 Å². The van der Waals surface area contributed by atoms with Gasteiger partial charge in [0.25, 0.3) is 0 Å². The summed E-state index contributed by atoms with van der Waals surface area (Å²) in [5, 5.41) is 1.09. The molecule has 0 spiro atoms. The van der Waals surface area contributed by atoms with Gasteiger partial charge >= 0.3 is 0 Å². The van der Waals surface area contributed by atoms with Crippen LogP contribution in [0.5, 0.6) is 5.88 Å². The Kier molecular flexibility index (Phi) is 4.00. The van der Waals surface area contributed by atoms with Crippen molar-refractivity contribution in [3.8, 4) is 17.1 Å². The van der Waals surface area contributed by atoms with E-state index in [4.69, 9.17) is 33.7 Å². The lowest BCUT2D eigenvalue weighted by Gasteiger charge is -2.08. The maximum Gasteiger partial charge on any atom is 0.245 e. The summed E-state index contributed by atoms with van der Waals surface area (Å²) in [5.41, 5.74) is 8.35. The topological polar surface area (TPSA) is 73.9 Å². The van der Waals surface area contributed by atoms with E-state index >= 15 is 0 Å². The van der Waals surface area contributed by atoms with Crippen LogP contribution in [0.3, 0.4) is 0 Å². The van der Waals surface area contributed by atoms with Gasteiger partial charge in [0.05, 0.1) is 17.8 Å². The highest BCUT2D eigenvalue weighted by Gasteiger charge is 2.11. The number of hydrogen-bond acceptors (Lipinski definition) is 5. The van der Waals surface area contributed by atoms with Gasteiger partial charge in [-0.25, -0.2) is 9.97 Å². The van der Waals surface area contributed by atoms with Crippen LogP contribution in [-0.2, 0) is 0 Å². The molecule has 3 aromatic rings. The molecule has 0 saturated carbocycles. The molecule has 3 rings (SSSR count). The minimum absolute atomic E-state index is 0.149. The molecular weight excluding hydrogens is 323 g/mol. The van der Waals surface area contributed by atoms with Crippen molar-refractivity contribution in [2.75, 3.05) is 12.3 Å². The Bertz CT molecular complexity index is 834. The predicted molar refractivity (Wildman–Crippen MR) is 88.4 cm³/mol. The zero-order valence-corrected chi connectivity index (χ0v) is 13.2. The van der Waals surface area contributed by atoms with Gasteiger partial charge in [-0.05, 0) is 37.3 Å². The molecule has 0 radical (unpaired) electrons. The van der Waals surface area contributed by atoms with E-state index in [9.17, 15) is 0 Å². The average Bonchev–Trinajstić information content (AvgIpc) is 2.46. The average molecular weight is 335 g/mol. The maximum absolute atomic E-state index is 6.04. The summed E-state index contributed by atoms with van der Waals surface area (Å²) >= 11 is 12.1. The fourth-order valence-corrected chi connectivity index (χ4v) is 2.63. The molecular formula is C15H12Cl2N4O. The van der Waals surface area contributed by atoms with Crippen LogP contribution >= 0.6 is 23.2 Å². The molecule has 5 nitrogen and oxygen atoms in total. The number of halogens is 2. The summed E-state index contributed by atoms with van der Waals surface area (Å²) in [6.07, 6.45) is 0. The van der Waals surface area contributed by atoms with Crippen molar-refractivity contribution < 1.29 is 4.74 Å². The molecule has 1 aromatic carbocycles. The Labute approximate surface area is 137 Å². The van der Waals surface area contributed by atoms with Crippen LogP contribution in [0.2, 0.25) is 10.0 Å². The van der Waals surface area contributed by atoms with Crippen LogP contribution in [0.1, 0.15) is 6.92 Å². The SMILES string of the molecule is CCOc1nc(N)nc2ccc(-c3cc(Cl)cc(Cl)c3)nc12. The Balaban J connectivity index is 2.20. The number of fused-ring (bicyclic) bond motifs is 1. The van der Waals surface area contributed by atoms with Gasteiger partial charge < -0.3 is 10.5 Å². The highest BCUT2D eigenvalue weighted by atomic mass is 35.5. The van der Waals surface area contributed by atoms with E-state index in [1.807, 2.05) is 19.1 Å². The third-order valence-electron chi connectivity index (χ3n) is 2.97. The number of nitrogen functional groups attached to an aromatic ring is 1. The second-order valence-corrected chi connectivity index (χ2v) is 5.42. The molecule has 2 heterocycles. The van der Waals surface area contributed by atoms with Gasteiger partial charge in [0.1, 0.15) is 0 Å². The molecule has 22 heavy (non-hydrogen) atoms. The standard InChI is InChI=1S/C15H12Cl2N4O/c1-2-22-14-13-12(20-15(18)21-14)4-3-11(19-13)8-5-9(16)7-10(17)6-8/h3-7H,2H2,1H3,(H2,18,20,21). The maximum atomic E-state index is 6.04. The molecule has 7 heteroatoms. The van der Waals surface area contributed by atoms with Crippen molar-refractivity contribution in [3.63, 3.8) is 0 Å². The fraction of sp³-hybridized carbons (Fsp3) is 0.133. The Morgan fingerprint density at radius 2 is 1.77 bits per heavy atom. The number of nitrogens with zero attached hydrogens (tertiary/aromatic N) is 3. The van der Waals surface area contributed by atoms with Crippen LogP contribution < -0.4 is 10.5 Å². The van der Waals surface area contributed by atoms with Crippen LogP contribution in [0.25, 0.3) is 22.3 Å². The van der Waals surface area contributed by atoms with Crippen molar-refractivity contribution in [1.82, 2.24) is 15.0 Å². The monoisotopic (exact) mass is 334 g/mol. The molecule has 0 atom stereocenters. The van der Waals surface area contributed by atoms with E-state index < -0.39 is 0 Å². The van der Waals surface area contributed by atoms with E-state index in [1.54, 1.807) is 18.2 Å². The van der Waals surface area contributed by atoms with Crippen LogP contribution in [-0.4, -0.2) is 21.6 Å². The normalized spacial score (nSPS) is 10.9. The lowest BCUT2D eigenvalue weighted by Crippen LogP contribution is -2.02. The highest BCUT2D eigenvalue weighted by Crippen LogP contribution is 2.29. The van der Waals surface area contributed by atoms with Crippen molar-refractivity contribution in [3.05, 3.63) is 40.4 Å². The Morgan fingerprint density at radius 1 is 1.05 bits per heavy atom. The molecule has 0 aliphatic carbocycles. The number of pyridine rings is 1. The van der Waals surface area contributed by atoms with Gasteiger partial charge in [0.2, 0.25) is 11.8 Å². The first-order valence-electron chi connectivity index (χ1n) is 6.60. The summed E-state index contributed by atoms with van der Waals surface area (Å²) < 4.78 is 5.49. The van der Waals surface area contributed by atoms with Gasteiger partial charge in [-0.15, -0.1) is 0 Å². The smallest absolute Gasteiger partial charge is 0.245 e. The largest absolute Gasteiger partial charge is 0.476 e. The predicted octanol–water partition coefficient (Wildman–Crippen LogP) is 3.98. The van der Waals surface area contributed by atoms with Gasteiger partial charge in [0.15, 0.2) is 5.52 Å². The number of anilines is 1. The summed E-state index contributed by atoms with van der Waals surface area (Å²) in [5.74, 6) is 0.510. The number of benzene rings is 1. The van der Waals surface area contributed by atoms with E-state index in [0.29, 0.717) is 39.3 Å². The lowest BCUT2D eigenvalue weighted by atomic mass is 10.1. The third-order valence-corrected chi connectivity index (χ3v) is 3.40. The molecule has 0 bridgehead atoms. The molecule has 0 unspecified atom stereocenters.